The molecule has 0 saturated carbocycles. The molecule has 114 valence electrons. The van der Waals surface area contributed by atoms with Crippen LogP contribution in [0.5, 0.6) is 0 Å². The zero-order valence-corrected chi connectivity index (χ0v) is 13.2. The Kier molecular flexibility index (Phi) is 5.41. The molecule has 1 aromatic rings. The number of halogens is 1. The van der Waals surface area contributed by atoms with E-state index in [-0.39, 0.29) is 17.2 Å². The van der Waals surface area contributed by atoms with Crippen LogP contribution < -0.4 is 4.72 Å². The zero-order chi connectivity index (χ0) is 15.6. The molecule has 1 N–H and O–H groups in total. The molecule has 1 rings (SSSR count). The molecule has 0 aromatic heterocycles. The van der Waals surface area contributed by atoms with E-state index in [1.165, 1.54) is 6.26 Å². The Morgan fingerprint density at radius 3 is 2.35 bits per heavy atom. The van der Waals surface area contributed by atoms with Crippen molar-refractivity contribution >= 4 is 30.7 Å². The van der Waals surface area contributed by atoms with Crippen LogP contribution in [0.1, 0.15) is 0 Å². The first kappa shape index (κ1) is 17.2. The molecule has 0 heterocycles. The lowest BCUT2D eigenvalue weighted by Crippen LogP contribution is -2.28. The standard InChI is InChI=1S/C10H14FNO5S3/c1-18(13)6-5-12-20(16,17)10-7-8(19(2,14)15)3-4-9(10)11/h3-4,7,12H,5-6H2,1-2H3. The highest BCUT2D eigenvalue weighted by Gasteiger charge is 2.21. The number of hydrogen-bond donors (Lipinski definition) is 1. The lowest BCUT2D eigenvalue weighted by Gasteiger charge is -2.08. The molecule has 0 fully saturated rings. The van der Waals surface area contributed by atoms with Gasteiger partial charge in [-0.3, -0.25) is 4.21 Å². The highest BCUT2D eigenvalue weighted by molar-refractivity contribution is 7.91. The minimum absolute atomic E-state index is 0.0760. The van der Waals surface area contributed by atoms with Crippen LogP contribution >= 0.6 is 0 Å². The maximum absolute atomic E-state index is 13.6. The average molecular weight is 343 g/mol. The molecule has 6 nitrogen and oxygen atoms in total. The summed E-state index contributed by atoms with van der Waals surface area (Å²) in [7, 11) is -9.03. The van der Waals surface area contributed by atoms with Crippen LogP contribution in [0.25, 0.3) is 0 Å². The van der Waals surface area contributed by atoms with Gasteiger partial charge in [0.05, 0.1) is 4.90 Å². The third-order valence-electron chi connectivity index (χ3n) is 2.30. The second-order valence-corrected chi connectivity index (χ2v) is 9.35. The Morgan fingerprint density at radius 1 is 1.25 bits per heavy atom. The van der Waals surface area contributed by atoms with Crippen LogP contribution in [0, 0.1) is 5.82 Å². The van der Waals surface area contributed by atoms with Crippen molar-refractivity contribution in [1.29, 1.82) is 0 Å². The van der Waals surface area contributed by atoms with E-state index in [9.17, 15) is 25.4 Å². The van der Waals surface area contributed by atoms with E-state index in [2.05, 4.69) is 4.72 Å². The molecular formula is C10H14FNO5S3. The van der Waals surface area contributed by atoms with Gasteiger partial charge in [0.15, 0.2) is 9.84 Å². The van der Waals surface area contributed by atoms with E-state index in [0.717, 1.165) is 24.5 Å². The van der Waals surface area contributed by atoms with E-state index in [0.29, 0.717) is 0 Å². The highest BCUT2D eigenvalue weighted by Crippen LogP contribution is 2.19. The Hall–Kier alpha value is -0.840. The topological polar surface area (TPSA) is 97.4 Å². The van der Waals surface area contributed by atoms with Crippen molar-refractivity contribution < 1.29 is 25.4 Å². The summed E-state index contributed by atoms with van der Waals surface area (Å²) in [5.74, 6) is -0.977. The van der Waals surface area contributed by atoms with Crippen molar-refractivity contribution in [1.82, 2.24) is 4.72 Å². The SMILES string of the molecule is CS(=O)CCNS(=O)(=O)c1cc(S(C)(=O)=O)ccc1F. The minimum atomic E-state index is -4.19. The molecule has 20 heavy (non-hydrogen) atoms. The number of sulfonamides is 1. The largest absolute Gasteiger partial charge is 0.260 e. The normalized spacial score (nSPS) is 14.2. The first-order valence-electron chi connectivity index (χ1n) is 5.33. The first-order valence-corrected chi connectivity index (χ1v) is 10.4. The van der Waals surface area contributed by atoms with Gasteiger partial charge in [-0.15, -0.1) is 0 Å². The second-order valence-electron chi connectivity index (χ2n) is 4.04. The monoisotopic (exact) mass is 343 g/mol. The van der Waals surface area contributed by atoms with E-state index >= 15 is 0 Å². The van der Waals surface area contributed by atoms with Crippen molar-refractivity contribution in [2.45, 2.75) is 9.79 Å². The molecule has 0 aliphatic heterocycles. The molecule has 1 unspecified atom stereocenters. The fourth-order valence-electron chi connectivity index (χ4n) is 1.32. The van der Waals surface area contributed by atoms with Crippen LogP contribution in [0.4, 0.5) is 4.39 Å². The van der Waals surface area contributed by atoms with Gasteiger partial charge in [-0.25, -0.2) is 25.9 Å². The molecule has 1 atom stereocenters. The summed E-state index contributed by atoms with van der Waals surface area (Å²) in [6.45, 7) is -0.131. The Morgan fingerprint density at radius 2 is 1.85 bits per heavy atom. The number of nitrogens with one attached hydrogen (secondary N) is 1. The van der Waals surface area contributed by atoms with E-state index in [1.54, 1.807) is 0 Å². The van der Waals surface area contributed by atoms with Gasteiger partial charge in [-0.2, -0.15) is 0 Å². The summed E-state index contributed by atoms with van der Waals surface area (Å²) in [5, 5.41) is 0. The van der Waals surface area contributed by atoms with Crippen LogP contribution in [-0.2, 0) is 30.7 Å². The smallest absolute Gasteiger partial charge is 0.243 e. The van der Waals surface area contributed by atoms with E-state index in [1.807, 2.05) is 0 Å². The second kappa shape index (κ2) is 6.29. The van der Waals surface area contributed by atoms with Gasteiger partial charge in [-0.05, 0) is 18.2 Å². The molecule has 10 heteroatoms. The van der Waals surface area contributed by atoms with Gasteiger partial charge in [0, 0.05) is 35.6 Å². The molecule has 0 radical (unpaired) electrons. The molecule has 0 saturated heterocycles. The maximum atomic E-state index is 13.6. The summed E-state index contributed by atoms with van der Waals surface area (Å²) in [6, 6.07) is 2.53. The number of benzene rings is 1. The molecule has 0 aliphatic rings. The molecule has 1 aromatic carbocycles. The molecule has 0 spiro atoms. The van der Waals surface area contributed by atoms with Gasteiger partial charge in [0.25, 0.3) is 0 Å². The van der Waals surface area contributed by atoms with Crippen molar-refractivity contribution in [2.24, 2.45) is 0 Å². The lowest BCUT2D eigenvalue weighted by molar-refractivity contribution is 0.556. The molecule has 0 bridgehead atoms. The van der Waals surface area contributed by atoms with Crippen LogP contribution in [0.15, 0.2) is 28.0 Å². The first-order chi connectivity index (χ1) is 9.04. The van der Waals surface area contributed by atoms with E-state index < -0.39 is 41.4 Å². The van der Waals surface area contributed by atoms with Crippen molar-refractivity contribution in [3.8, 4) is 0 Å². The van der Waals surface area contributed by atoms with E-state index in [4.69, 9.17) is 0 Å². The molecular weight excluding hydrogens is 329 g/mol. The van der Waals surface area contributed by atoms with Gasteiger partial charge in [0.2, 0.25) is 10.0 Å². The van der Waals surface area contributed by atoms with Crippen molar-refractivity contribution in [2.75, 3.05) is 24.8 Å². The predicted octanol–water partition coefficient (Wildman–Crippen LogP) is -0.114. The van der Waals surface area contributed by atoms with Crippen molar-refractivity contribution in [3.63, 3.8) is 0 Å². The summed E-state index contributed by atoms with van der Waals surface area (Å²) >= 11 is 0. The van der Waals surface area contributed by atoms with Gasteiger partial charge in [-0.1, -0.05) is 0 Å². The number of sulfone groups is 1. The average Bonchev–Trinajstić information content (AvgIpc) is 2.26. The summed E-state index contributed by atoms with van der Waals surface area (Å²) in [5.41, 5.74) is 0. The highest BCUT2D eigenvalue weighted by atomic mass is 32.2. The van der Waals surface area contributed by atoms with Gasteiger partial charge >= 0.3 is 0 Å². The van der Waals surface area contributed by atoms with Crippen molar-refractivity contribution in [3.05, 3.63) is 24.0 Å². The molecule has 0 amide bonds. The Balaban J connectivity index is 3.15. The third-order valence-corrected chi connectivity index (χ3v) is 5.67. The van der Waals surface area contributed by atoms with Gasteiger partial charge < -0.3 is 0 Å². The van der Waals surface area contributed by atoms with Gasteiger partial charge in [0.1, 0.15) is 10.7 Å². The lowest BCUT2D eigenvalue weighted by atomic mass is 10.3. The molecule has 0 aliphatic carbocycles. The fourth-order valence-corrected chi connectivity index (χ4v) is 3.69. The summed E-state index contributed by atoms with van der Waals surface area (Å²) < 4.78 is 72.9. The summed E-state index contributed by atoms with van der Waals surface area (Å²) in [6.07, 6.45) is 2.30. The number of rotatable bonds is 6. The third kappa shape index (κ3) is 4.62. The number of hydrogen-bond acceptors (Lipinski definition) is 5. The van der Waals surface area contributed by atoms with Crippen LogP contribution in [0.3, 0.4) is 0 Å². The minimum Gasteiger partial charge on any atom is -0.260 e. The maximum Gasteiger partial charge on any atom is 0.243 e. The zero-order valence-electron chi connectivity index (χ0n) is 10.8. The fraction of sp³-hybridized carbons (Fsp3) is 0.400. The quantitative estimate of drug-likeness (QED) is 0.727. The predicted molar refractivity (Wildman–Crippen MR) is 73.6 cm³/mol. The Labute approximate surface area is 119 Å². The van der Waals surface area contributed by atoms with Crippen LogP contribution in [-0.4, -0.2) is 45.9 Å². The summed E-state index contributed by atoms with van der Waals surface area (Å²) in [4.78, 5) is -1.04. The Bertz CT molecular complexity index is 727. The van der Waals surface area contributed by atoms with Crippen LogP contribution in [0.2, 0.25) is 0 Å².